The molecule has 3 rings (SSSR count). The van der Waals surface area contributed by atoms with Gasteiger partial charge in [-0.05, 0) is 31.2 Å². The normalized spacial score (nSPS) is 11.2. The SMILES string of the molecule is COc1cccc(-c2noc(COC(=O)CCS(=O)(=O)c3ccc(C)cc3)n2)c1. The van der Waals surface area contributed by atoms with Crippen LogP contribution in [0.5, 0.6) is 5.75 Å². The predicted octanol–water partition coefficient (Wildman–Crippen LogP) is 2.96. The van der Waals surface area contributed by atoms with Crippen molar-refractivity contribution in [3.05, 3.63) is 60.0 Å². The van der Waals surface area contributed by atoms with E-state index in [1.807, 2.05) is 6.92 Å². The largest absolute Gasteiger partial charge is 0.497 e. The summed E-state index contributed by atoms with van der Waals surface area (Å²) in [5.41, 5.74) is 1.64. The Labute approximate surface area is 168 Å². The lowest BCUT2D eigenvalue weighted by Gasteiger charge is -2.05. The lowest BCUT2D eigenvalue weighted by molar-refractivity contribution is -0.145. The molecule has 0 atom stereocenters. The van der Waals surface area contributed by atoms with Gasteiger partial charge in [-0.2, -0.15) is 4.98 Å². The molecular formula is C20H20N2O6S. The predicted molar refractivity (Wildman–Crippen MR) is 104 cm³/mol. The van der Waals surface area contributed by atoms with E-state index in [0.29, 0.717) is 17.1 Å². The number of sulfone groups is 1. The van der Waals surface area contributed by atoms with Crippen molar-refractivity contribution in [3.63, 3.8) is 0 Å². The first kappa shape index (κ1) is 20.5. The summed E-state index contributed by atoms with van der Waals surface area (Å²) in [6.07, 6.45) is -0.271. The van der Waals surface area contributed by atoms with Gasteiger partial charge in [0.25, 0.3) is 5.89 Å². The quantitative estimate of drug-likeness (QED) is 0.516. The molecule has 0 radical (unpaired) electrons. The number of benzene rings is 2. The zero-order valence-electron chi connectivity index (χ0n) is 16.0. The number of carbonyl (C=O) groups excluding carboxylic acids is 1. The van der Waals surface area contributed by atoms with Crippen LogP contribution >= 0.6 is 0 Å². The van der Waals surface area contributed by atoms with Crippen LogP contribution in [0.1, 0.15) is 17.9 Å². The van der Waals surface area contributed by atoms with Crippen LogP contribution in [0.25, 0.3) is 11.4 Å². The Bertz CT molecular complexity index is 1090. The van der Waals surface area contributed by atoms with Crippen LogP contribution < -0.4 is 4.74 Å². The molecule has 0 saturated heterocycles. The Morgan fingerprint density at radius 1 is 1.14 bits per heavy atom. The first-order valence-electron chi connectivity index (χ1n) is 8.79. The standard InChI is InChI=1S/C20H20N2O6S/c1-14-6-8-17(9-7-14)29(24,25)11-10-19(23)27-13-18-21-20(22-28-18)15-4-3-5-16(12-15)26-2/h3-9,12H,10-11,13H2,1-2H3. The third kappa shape index (κ3) is 5.41. The van der Waals surface area contributed by atoms with Crippen LogP contribution in [0.4, 0.5) is 0 Å². The number of nitrogens with zero attached hydrogens (tertiary/aromatic N) is 2. The number of methoxy groups -OCH3 is 1. The van der Waals surface area contributed by atoms with E-state index in [2.05, 4.69) is 10.1 Å². The molecule has 1 heterocycles. The summed E-state index contributed by atoms with van der Waals surface area (Å²) in [6.45, 7) is 1.63. The van der Waals surface area contributed by atoms with Gasteiger partial charge in [0.05, 0.1) is 24.2 Å². The van der Waals surface area contributed by atoms with Gasteiger partial charge in [-0.3, -0.25) is 4.79 Å². The van der Waals surface area contributed by atoms with E-state index in [1.54, 1.807) is 43.5 Å². The van der Waals surface area contributed by atoms with E-state index < -0.39 is 15.8 Å². The fourth-order valence-corrected chi connectivity index (χ4v) is 3.71. The Balaban J connectivity index is 1.53. The van der Waals surface area contributed by atoms with E-state index in [9.17, 15) is 13.2 Å². The van der Waals surface area contributed by atoms with Crippen LogP contribution in [0, 0.1) is 6.92 Å². The molecule has 152 valence electrons. The van der Waals surface area contributed by atoms with Crippen molar-refractivity contribution in [2.75, 3.05) is 12.9 Å². The molecule has 0 amide bonds. The third-order valence-electron chi connectivity index (χ3n) is 4.11. The molecule has 0 fully saturated rings. The number of hydrogen-bond acceptors (Lipinski definition) is 8. The van der Waals surface area contributed by atoms with Crippen LogP contribution in [0.3, 0.4) is 0 Å². The van der Waals surface area contributed by atoms with Crippen molar-refractivity contribution >= 4 is 15.8 Å². The number of rotatable bonds is 8. The van der Waals surface area contributed by atoms with E-state index in [1.165, 1.54) is 12.1 Å². The average molecular weight is 416 g/mol. The highest BCUT2D eigenvalue weighted by molar-refractivity contribution is 7.91. The molecule has 0 aliphatic carbocycles. The van der Waals surface area contributed by atoms with Gasteiger partial charge in [-0.15, -0.1) is 0 Å². The summed E-state index contributed by atoms with van der Waals surface area (Å²) >= 11 is 0. The number of aromatic nitrogens is 2. The summed E-state index contributed by atoms with van der Waals surface area (Å²) in [4.78, 5) is 16.3. The Morgan fingerprint density at radius 2 is 1.90 bits per heavy atom. The highest BCUT2D eigenvalue weighted by Crippen LogP contribution is 2.21. The molecule has 9 heteroatoms. The van der Waals surface area contributed by atoms with Crippen molar-refractivity contribution in [1.82, 2.24) is 10.1 Å². The fourth-order valence-electron chi connectivity index (χ4n) is 2.49. The molecule has 0 unspecified atom stereocenters. The highest BCUT2D eigenvalue weighted by Gasteiger charge is 2.18. The van der Waals surface area contributed by atoms with Crippen molar-refractivity contribution in [2.45, 2.75) is 24.8 Å². The maximum atomic E-state index is 12.3. The minimum atomic E-state index is -3.56. The van der Waals surface area contributed by atoms with Crippen LogP contribution in [0.2, 0.25) is 0 Å². The molecule has 1 aromatic heterocycles. The maximum Gasteiger partial charge on any atom is 0.307 e. The lowest BCUT2D eigenvalue weighted by Crippen LogP contribution is -2.13. The Hall–Kier alpha value is -3.20. The van der Waals surface area contributed by atoms with Gasteiger partial charge in [0.15, 0.2) is 16.4 Å². The minimum absolute atomic E-state index is 0.109. The monoisotopic (exact) mass is 416 g/mol. The Morgan fingerprint density at radius 3 is 2.62 bits per heavy atom. The van der Waals surface area contributed by atoms with E-state index in [0.717, 1.165) is 5.56 Å². The molecule has 0 aliphatic heterocycles. The molecule has 0 bridgehead atoms. The number of ether oxygens (including phenoxy) is 2. The molecule has 29 heavy (non-hydrogen) atoms. The number of aryl methyl sites for hydroxylation is 1. The van der Waals surface area contributed by atoms with Gasteiger partial charge in [0, 0.05) is 5.56 Å². The van der Waals surface area contributed by atoms with Crippen molar-refractivity contribution in [1.29, 1.82) is 0 Å². The van der Waals surface area contributed by atoms with E-state index in [4.69, 9.17) is 14.0 Å². The highest BCUT2D eigenvalue weighted by atomic mass is 32.2. The molecular weight excluding hydrogens is 396 g/mol. The van der Waals surface area contributed by atoms with E-state index in [-0.39, 0.29) is 29.6 Å². The molecule has 3 aromatic rings. The second-order valence-corrected chi connectivity index (χ2v) is 8.40. The van der Waals surface area contributed by atoms with Crippen molar-refractivity contribution in [2.24, 2.45) is 0 Å². The topological polar surface area (TPSA) is 109 Å². The van der Waals surface area contributed by atoms with Crippen LogP contribution in [-0.4, -0.2) is 37.4 Å². The van der Waals surface area contributed by atoms with Gasteiger partial charge in [0.1, 0.15) is 5.75 Å². The van der Waals surface area contributed by atoms with Gasteiger partial charge in [-0.25, -0.2) is 8.42 Å². The number of carbonyl (C=O) groups is 1. The minimum Gasteiger partial charge on any atom is -0.497 e. The smallest absolute Gasteiger partial charge is 0.307 e. The van der Waals surface area contributed by atoms with Gasteiger partial charge in [0.2, 0.25) is 5.82 Å². The molecule has 0 spiro atoms. The maximum absolute atomic E-state index is 12.3. The zero-order chi connectivity index (χ0) is 20.9. The van der Waals surface area contributed by atoms with E-state index >= 15 is 0 Å². The summed E-state index contributed by atoms with van der Waals surface area (Å²) in [7, 11) is -2.00. The molecule has 8 nitrogen and oxygen atoms in total. The molecule has 0 N–H and O–H groups in total. The molecule has 2 aromatic carbocycles. The summed E-state index contributed by atoms with van der Waals surface area (Å²) < 4.78 is 39.8. The summed E-state index contributed by atoms with van der Waals surface area (Å²) in [6, 6.07) is 13.6. The lowest BCUT2D eigenvalue weighted by atomic mass is 10.2. The first-order valence-corrected chi connectivity index (χ1v) is 10.4. The summed E-state index contributed by atoms with van der Waals surface area (Å²) in [5.74, 6) is 0.0830. The van der Waals surface area contributed by atoms with Gasteiger partial charge < -0.3 is 14.0 Å². The molecule has 0 saturated carbocycles. The first-order chi connectivity index (χ1) is 13.9. The molecule has 0 aliphatic rings. The Kier molecular flexibility index (Phi) is 6.28. The average Bonchev–Trinajstić information content (AvgIpc) is 3.20. The number of esters is 1. The van der Waals surface area contributed by atoms with Gasteiger partial charge in [-0.1, -0.05) is 35.0 Å². The van der Waals surface area contributed by atoms with Crippen molar-refractivity contribution in [3.8, 4) is 17.1 Å². The van der Waals surface area contributed by atoms with Crippen molar-refractivity contribution < 1.29 is 27.2 Å². The number of hydrogen-bond donors (Lipinski definition) is 0. The second-order valence-electron chi connectivity index (χ2n) is 6.29. The van der Waals surface area contributed by atoms with Gasteiger partial charge >= 0.3 is 5.97 Å². The summed E-state index contributed by atoms with van der Waals surface area (Å²) in [5, 5.41) is 3.84. The third-order valence-corrected chi connectivity index (χ3v) is 5.84. The van der Waals surface area contributed by atoms with Crippen LogP contribution in [0.15, 0.2) is 57.9 Å². The van der Waals surface area contributed by atoms with Crippen LogP contribution in [-0.2, 0) is 26.0 Å². The second kappa shape index (κ2) is 8.87. The zero-order valence-corrected chi connectivity index (χ0v) is 16.8. The fraction of sp³-hybridized carbons (Fsp3) is 0.250.